The fraction of sp³-hybridized carbons (Fsp3) is 0.100. The highest BCUT2D eigenvalue weighted by Crippen LogP contribution is 2.16. The first-order valence-corrected chi connectivity index (χ1v) is 3.96. The van der Waals surface area contributed by atoms with Gasteiger partial charge in [0, 0.05) is 6.20 Å². The molecule has 0 bridgehead atoms. The van der Waals surface area contributed by atoms with Gasteiger partial charge in [0.25, 0.3) is 5.56 Å². The zero-order valence-electron chi connectivity index (χ0n) is 7.10. The fourth-order valence-corrected chi connectivity index (χ4v) is 1.43. The lowest BCUT2D eigenvalue weighted by Crippen LogP contribution is -2.06. The molecular weight excluding hydrogens is 169 g/mol. The molecule has 1 heterocycles. The molecule has 0 fully saturated rings. The van der Waals surface area contributed by atoms with Gasteiger partial charge < -0.3 is 4.98 Å². The number of aryl methyl sites for hydroxylation is 1. The molecule has 0 saturated heterocycles. The van der Waals surface area contributed by atoms with Crippen molar-refractivity contribution in [3.05, 3.63) is 46.1 Å². The van der Waals surface area contributed by atoms with E-state index in [1.54, 1.807) is 25.3 Å². The summed E-state index contributed by atoms with van der Waals surface area (Å²) in [7, 11) is 0. The van der Waals surface area contributed by atoms with Crippen LogP contribution in [0.3, 0.4) is 0 Å². The standard InChI is InChI=1S/C10H8FNO/c1-6-8(11)3-2-7-4-5-12-10(13)9(6)7/h2-5H,1H3,(H,12,13). The van der Waals surface area contributed by atoms with Crippen molar-refractivity contribution < 1.29 is 4.39 Å². The van der Waals surface area contributed by atoms with Crippen LogP contribution in [0.15, 0.2) is 29.2 Å². The molecule has 0 unspecified atom stereocenters. The molecule has 2 aromatic rings. The molecule has 1 aromatic heterocycles. The number of benzene rings is 1. The summed E-state index contributed by atoms with van der Waals surface area (Å²) < 4.78 is 13.1. The predicted octanol–water partition coefficient (Wildman–Crippen LogP) is 1.98. The maximum atomic E-state index is 13.1. The summed E-state index contributed by atoms with van der Waals surface area (Å²) in [4.78, 5) is 13.8. The number of aromatic nitrogens is 1. The number of fused-ring (bicyclic) bond motifs is 1. The average Bonchev–Trinajstić information content (AvgIpc) is 2.12. The first kappa shape index (κ1) is 7.98. The zero-order chi connectivity index (χ0) is 9.42. The minimum Gasteiger partial charge on any atom is -0.329 e. The molecule has 0 aliphatic heterocycles. The number of rotatable bonds is 0. The molecular formula is C10H8FNO. The Hall–Kier alpha value is -1.64. The topological polar surface area (TPSA) is 32.9 Å². The van der Waals surface area contributed by atoms with E-state index in [9.17, 15) is 9.18 Å². The van der Waals surface area contributed by atoms with Gasteiger partial charge in [0.05, 0.1) is 5.39 Å². The van der Waals surface area contributed by atoms with Crippen LogP contribution in [0.25, 0.3) is 10.8 Å². The minimum atomic E-state index is -0.343. The summed E-state index contributed by atoms with van der Waals surface area (Å²) in [5, 5.41) is 1.20. The predicted molar refractivity (Wildman–Crippen MR) is 49.3 cm³/mol. The number of halogens is 1. The Morgan fingerprint density at radius 2 is 2.08 bits per heavy atom. The Balaban J connectivity index is 3.06. The van der Waals surface area contributed by atoms with Gasteiger partial charge in [0.15, 0.2) is 0 Å². The molecule has 0 amide bonds. The average molecular weight is 177 g/mol. The lowest BCUT2D eigenvalue weighted by Gasteiger charge is -2.00. The van der Waals surface area contributed by atoms with Gasteiger partial charge >= 0.3 is 0 Å². The highest BCUT2D eigenvalue weighted by Gasteiger charge is 2.05. The second-order valence-electron chi connectivity index (χ2n) is 2.94. The van der Waals surface area contributed by atoms with E-state index in [1.165, 1.54) is 6.07 Å². The normalized spacial score (nSPS) is 10.6. The molecule has 2 nitrogen and oxygen atoms in total. The third-order valence-corrected chi connectivity index (χ3v) is 2.14. The van der Waals surface area contributed by atoms with Crippen molar-refractivity contribution >= 4 is 10.8 Å². The van der Waals surface area contributed by atoms with E-state index >= 15 is 0 Å². The van der Waals surface area contributed by atoms with Crippen molar-refractivity contribution in [1.82, 2.24) is 4.98 Å². The largest absolute Gasteiger partial charge is 0.329 e. The van der Waals surface area contributed by atoms with Crippen molar-refractivity contribution in [2.45, 2.75) is 6.92 Å². The third kappa shape index (κ3) is 1.13. The van der Waals surface area contributed by atoms with Crippen LogP contribution in [-0.2, 0) is 0 Å². The fourth-order valence-electron chi connectivity index (χ4n) is 1.43. The maximum absolute atomic E-state index is 13.1. The van der Waals surface area contributed by atoms with Gasteiger partial charge in [0.2, 0.25) is 0 Å². The molecule has 66 valence electrons. The summed E-state index contributed by atoms with van der Waals surface area (Å²) in [5.41, 5.74) is 0.161. The first-order chi connectivity index (χ1) is 6.20. The Bertz CT molecular complexity index is 516. The van der Waals surface area contributed by atoms with Gasteiger partial charge in [-0.3, -0.25) is 4.79 Å². The molecule has 1 N–H and O–H groups in total. The second kappa shape index (κ2) is 2.69. The van der Waals surface area contributed by atoms with Crippen LogP contribution in [0, 0.1) is 12.7 Å². The maximum Gasteiger partial charge on any atom is 0.256 e. The summed E-state index contributed by atoms with van der Waals surface area (Å²) in [5.74, 6) is -0.343. The van der Waals surface area contributed by atoms with Gasteiger partial charge in [-0.2, -0.15) is 0 Å². The Morgan fingerprint density at radius 1 is 1.31 bits per heavy atom. The number of aromatic amines is 1. The van der Waals surface area contributed by atoms with E-state index in [0.717, 1.165) is 5.39 Å². The van der Waals surface area contributed by atoms with Gasteiger partial charge in [-0.15, -0.1) is 0 Å². The van der Waals surface area contributed by atoms with E-state index in [4.69, 9.17) is 0 Å². The van der Waals surface area contributed by atoms with Crippen molar-refractivity contribution in [2.24, 2.45) is 0 Å². The minimum absolute atomic E-state index is 0.241. The van der Waals surface area contributed by atoms with E-state index < -0.39 is 0 Å². The molecule has 0 radical (unpaired) electrons. The van der Waals surface area contributed by atoms with Gasteiger partial charge in [-0.05, 0) is 30.0 Å². The first-order valence-electron chi connectivity index (χ1n) is 3.96. The number of hydrogen-bond acceptors (Lipinski definition) is 1. The number of H-pyrrole nitrogens is 1. The van der Waals surface area contributed by atoms with Gasteiger partial charge in [-0.1, -0.05) is 6.07 Å². The molecule has 0 atom stereocenters. The summed E-state index contributed by atoms with van der Waals surface area (Å²) in [6.45, 7) is 1.60. The monoisotopic (exact) mass is 177 g/mol. The second-order valence-corrected chi connectivity index (χ2v) is 2.94. The Morgan fingerprint density at radius 3 is 2.85 bits per heavy atom. The molecule has 1 aromatic carbocycles. The summed E-state index contributed by atoms with van der Waals surface area (Å²) in [6.07, 6.45) is 1.56. The number of hydrogen-bond donors (Lipinski definition) is 1. The van der Waals surface area contributed by atoms with Crippen LogP contribution in [0.2, 0.25) is 0 Å². The van der Waals surface area contributed by atoms with Crippen LogP contribution < -0.4 is 5.56 Å². The van der Waals surface area contributed by atoms with E-state index in [-0.39, 0.29) is 11.4 Å². The molecule has 0 spiro atoms. The third-order valence-electron chi connectivity index (χ3n) is 2.14. The summed E-state index contributed by atoms with van der Waals surface area (Å²) in [6, 6.07) is 4.73. The van der Waals surface area contributed by atoms with Crippen molar-refractivity contribution in [3.8, 4) is 0 Å². The molecule has 3 heteroatoms. The van der Waals surface area contributed by atoms with Crippen LogP contribution in [0.5, 0.6) is 0 Å². The van der Waals surface area contributed by atoms with E-state index in [1.807, 2.05) is 0 Å². The summed E-state index contributed by atoms with van der Waals surface area (Å²) >= 11 is 0. The van der Waals surface area contributed by atoms with Gasteiger partial charge in [-0.25, -0.2) is 4.39 Å². The number of nitrogens with one attached hydrogen (secondary N) is 1. The highest BCUT2D eigenvalue weighted by atomic mass is 19.1. The highest BCUT2D eigenvalue weighted by molar-refractivity contribution is 5.84. The lowest BCUT2D eigenvalue weighted by atomic mass is 10.1. The van der Waals surface area contributed by atoms with E-state index in [2.05, 4.69) is 4.98 Å². The molecule has 0 saturated carbocycles. The van der Waals surface area contributed by atoms with E-state index in [0.29, 0.717) is 10.9 Å². The van der Waals surface area contributed by atoms with Crippen molar-refractivity contribution in [3.63, 3.8) is 0 Å². The zero-order valence-corrected chi connectivity index (χ0v) is 7.10. The lowest BCUT2D eigenvalue weighted by molar-refractivity contribution is 0.621. The van der Waals surface area contributed by atoms with Crippen LogP contribution in [-0.4, -0.2) is 4.98 Å². The molecule has 0 aliphatic carbocycles. The van der Waals surface area contributed by atoms with Crippen molar-refractivity contribution in [1.29, 1.82) is 0 Å². The van der Waals surface area contributed by atoms with Gasteiger partial charge in [0.1, 0.15) is 5.82 Å². The van der Waals surface area contributed by atoms with Crippen LogP contribution in [0.1, 0.15) is 5.56 Å². The number of pyridine rings is 1. The van der Waals surface area contributed by atoms with Crippen LogP contribution in [0.4, 0.5) is 4.39 Å². The Kier molecular flexibility index (Phi) is 1.65. The molecule has 2 rings (SSSR count). The van der Waals surface area contributed by atoms with Crippen LogP contribution >= 0.6 is 0 Å². The quantitative estimate of drug-likeness (QED) is 0.655. The SMILES string of the molecule is Cc1c(F)ccc2cc[nH]c(=O)c12. The molecule has 13 heavy (non-hydrogen) atoms. The Labute approximate surface area is 74.0 Å². The van der Waals surface area contributed by atoms with Crippen molar-refractivity contribution in [2.75, 3.05) is 0 Å². The molecule has 0 aliphatic rings. The smallest absolute Gasteiger partial charge is 0.256 e.